The van der Waals surface area contributed by atoms with Gasteiger partial charge in [-0.1, -0.05) is 12.1 Å². The number of carbonyl (C=O) groups excluding carboxylic acids is 2. The van der Waals surface area contributed by atoms with Gasteiger partial charge in [0.25, 0.3) is 5.91 Å². The van der Waals surface area contributed by atoms with Crippen LogP contribution in [0.3, 0.4) is 0 Å². The zero-order chi connectivity index (χ0) is 14.3. The van der Waals surface area contributed by atoms with Crippen LogP contribution in [0.15, 0.2) is 29.2 Å². The van der Waals surface area contributed by atoms with Crippen LogP contribution in [0.4, 0.5) is 4.79 Å². The number of hydrogen-bond donors (Lipinski definition) is 3. The van der Waals surface area contributed by atoms with E-state index in [2.05, 4.69) is 34.9 Å². The van der Waals surface area contributed by atoms with E-state index >= 15 is 0 Å². The molecule has 0 heterocycles. The average molecular weight is 282 g/mol. The smallest absolute Gasteiger partial charge is 0.321 e. The van der Waals surface area contributed by atoms with E-state index in [1.165, 1.54) is 17.5 Å². The number of imide groups is 1. The molecule has 19 heavy (non-hydrogen) atoms. The number of amides is 3. The van der Waals surface area contributed by atoms with E-state index in [1.54, 1.807) is 11.8 Å². The highest BCUT2D eigenvalue weighted by Gasteiger charge is 2.12. The Morgan fingerprint density at radius 1 is 1.26 bits per heavy atom. The molecule has 6 heteroatoms. The second-order valence-corrected chi connectivity index (χ2v) is 5.17. The Labute approximate surface area is 117 Å². The molecular weight excluding hydrogens is 262 g/mol. The maximum atomic E-state index is 11.5. The highest BCUT2D eigenvalue weighted by molar-refractivity contribution is 7.98. The lowest BCUT2D eigenvalue weighted by Crippen LogP contribution is -3.09. The van der Waals surface area contributed by atoms with Crippen LogP contribution < -0.4 is 15.5 Å². The number of likely N-dealkylation sites (N-methyl/N-ethyl adjacent to an activating group) is 1. The first-order valence-electron chi connectivity index (χ1n) is 6.01. The summed E-state index contributed by atoms with van der Waals surface area (Å²) >= 11 is 1.70. The molecule has 1 unspecified atom stereocenters. The van der Waals surface area contributed by atoms with Crippen molar-refractivity contribution in [1.29, 1.82) is 0 Å². The van der Waals surface area contributed by atoms with E-state index in [0.29, 0.717) is 0 Å². The highest BCUT2D eigenvalue weighted by Crippen LogP contribution is 2.14. The van der Waals surface area contributed by atoms with Crippen molar-refractivity contribution < 1.29 is 14.5 Å². The van der Waals surface area contributed by atoms with Crippen molar-refractivity contribution in [3.63, 3.8) is 0 Å². The Morgan fingerprint density at radius 2 is 1.89 bits per heavy atom. The molecule has 0 aromatic heterocycles. The Bertz CT molecular complexity index is 434. The Kier molecular flexibility index (Phi) is 6.38. The number of hydrogen-bond acceptors (Lipinski definition) is 3. The third-order valence-corrected chi connectivity index (χ3v) is 3.35. The average Bonchev–Trinajstić information content (AvgIpc) is 2.39. The van der Waals surface area contributed by atoms with Gasteiger partial charge in [-0.3, -0.25) is 10.1 Å². The second-order valence-electron chi connectivity index (χ2n) is 4.29. The molecule has 0 aliphatic rings. The molecular formula is C13H20N3O2S+. The van der Waals surface area contributed by atoms with E-state index < -0.39 is 6.03 Å². The normalized spacial score (nSPS) is 11.7. The minimum Gasteiger partial charge on any atom is -0.341 e. The van der Waals surface area contributed by atoms with Crippen molar-refractivity contribution in [1.82, 2.24) is 10.6 Å². The quantitative estimate of drug-likeness (QED) is 0.660. The Morgan fingerprint density at radius 3 is 2.42 bits per heavy atom. The minimum absolute atomic E-state index is 0.262. The van der Waals surface area contributed by atoms with Crippen LogP contribution in [0.5, 0.6) is 0 Å². The number of rotatable bonds is 5. The molecule has 0 aliphatic heterocycles. The topological polar surface area (TPSA) is 62.6 Å². The van der Waals surface area contributed by atoms with Crippen LogP contribution in [0.25, 0.3) is 0 Å². The van der Waals surface area contributed by atoms with Crippen LogP contribution in [-0.2, 0) is 11.3 Å². The Balaban J connectivity index is 2.43. The van der Waals surface area contributed by atoms with Crippen LogP contribution >= 0.6 is 11.8 Å². The van der Waals surface area contributed by atoms with Gasteiger partial charge in [0.15, 0.2) is 6.54 Å². The number of benzene rings is 1. The first-order chi connectivity index (χ1) is 9.05. The predicted molar refractivity (Wildman–Crippen MR) is 76.3 cm³/mol. The zero-order valence-corrected chi connectivity index (χ0v) is 12.3. The van der Waals surface area contributed by atoms with Gasteiger partial charge >= 0.3 is 6.03 Å². The fourth-order valence-corrected chi connectivity index (χ4v) is 2.07. The van der Waals surface area contributed by atoms with Crippen molar-refractivity contribution in [3.8, 4) is 0 Å². The number of quaternary nitrogens is 1. The molecule has 0 saturated heterocycles. The Hall–Kier alpha value is -1.53. The van der Waals surface area contributed by atoms with Crippen LogP contribution in [0, 0.1) is 0 Å². The summed E-state index contributed by atoms with van der Waals surface area (Å²) < 4.78 is 0. The van der Waals surface area contributed by atoms with Crippen molar-refractivity contribution in [3.05, 3.63) is 29.8 Å². The maximum absolute atomic E-state index is 11.5. The summed E-state index contributed by atoms with van der Waals surface area (Å²) in [4.78, 5) is 24.7. The summed E-state index contributed by atoms with van der Waals surface area (Å²) in [5.74, 6) is -0.280. The lowest BCUT2D eigenvalue weighted by molar-refractivity contribution is -0.885. The standard InChI is InChI=1S/C13H19N3O2S/c1-14-13(18)15-12(17)9-16(2)8-10-4-6-11(19-3)7-5-10/h4-7H,8-9H2,1-3H3,(H2,14,15,17,18)/p+1. The van der Waals surface area contributed by atoms with E-state index in [9.17, 15) is 9.59 Å². The fourth-order valence-electron chi connectivity index (χ4n) is 1.66. The van der Waals surface area contributed by atoms with Gasteiger partial charge in [-0.15, -0.1) is 11.8 Å². The van der Waals surface area contributed by atoms with E-state index in [1.807, 2.05) is 13.3 Å². The molecule has 0 saturated carbocycles. The number of nitrogens with one attached hydrogen (secondary N) is 3. The molecule has 1 atom stereocenters. The molecule has 0 radical (unpaired) electrons. The molecule has 3 N–H and O–H groups in total. The van der Waals surface area contributed by atoms with Gasteiger partial charge in [0.1, 0.15) is 6.54 Å². The van der Waals surface area contributed by atoms with Gasteiger partial charge in [0, 0.05) is 17.5 Å². The largest absolute Gasteiger partial charge is 0.341 e. The molecule has 1 rings (SSSR count). The van der Waals surface area contributed by atoms with E-state index in [4.69, 9.17) is 0 Å². The van der Waals surface area contributed by atoms with E-state index in [0.717, 1.165) is 11.4 Å². The summed E-state index contributed by atoms with van der Waals surface area (Å²) in [6.45, 7) is 1.01. The monoisotopic (exact) mass is 282 g/mol. The molecule has 1 aromatic carbocycles. The maximum Gasteiger partial charge on any atom is 0.321 e. The SMILES string of the molecule is CNC(=O)NC(=O)C[NH+](C)Cc1ccc(SC)cc1. The lowest BCUT2D eigenvalue weighted by Gasteiger charge is -2.13. The van der Waals surface area contributed by atoms with Gasteiger partial charge in [0.2, 0.25) is 0 Å². The van der Waals surface area contributed by atoms with Gasteiger partial charge in [-0.2, -0.15) is 0 Å². The van der Waals surface area contributed by atoms with Crippen molar-refractivity contribution in [2.45, 2.75) is 11.4 Å². The number of carbonyl (C=O) groups is 2. The highest BCUT2D eigenvalue weighted by atomic mass is 32.2. The van der Waals surface area contributed by atoms with Crippen molar-refractivity contribution >= 4 is 23.7 Å². The van der Waals surface area contributed by atoms with Gasteiger partial charge in [-0.25, -0.2) is 4.79 Å². The summed E-state index contributed by atoms with van der Waals surface area (Å²) in [6, 6.07) is 7.79. The van der Waals surface area contributed by atoms with Gasteiger partial charge in [0.05, 0.1) is 7.05 Å². The molecule has 0 spiro atoms. The molecule has 3 amide bonds. The van der Waals surface area contributed by atoms with Crippen molar-refractivity contribution in [2.75, 3.05) is 26.9 Å². The van der Waals surface area contributed by atoms with E-state index in [-0.39, 0.29) is 12.5 Å². The minimum atomic E-state index is -0.470. The molecule has 104 valence electrons. The molecule has 1 aromatic rings. The zero-order valence-electron chi connectivity index (χ0n) is 11.4. The number of thioether (sulfide) groups is 1. The molecule has 0 aliphatic carbocycles. The summed E-state index contributed by atoms with van der Waals surface area (Å²) in [7, 11) is 3.40. The summed E-state index contributed by atoms with van der Waals surface area (Å²) in [5, 5.41) is 4.60. The first-order valence-corrected chi connectivity index (χ1v) is 7.23. The van der Waals surface area contributed by atoms with Crippen LogP contribution in [0.2, 0.25) is 0 Å². The lowest BCUT2D eigenvalue weighted by atomic mass is 10.2. The second kappa shape index (κ2) is 7.81. The predicted octanol–water partition coefficient (Wildman–Crippen LogP) is -0.121. The van der Waals surface area contributed by atoms with Crippen molar-refractivity contribution in [2.24, 2.45) is 0 Å². The number of urea groups is 1. The van der Waals surface area contributed by atoms with Crippen LogP contribution in [-0.4, -0.2) is 38.8 Å². The fraction of sp³-hybridized carbons (Fsp3) is 0.385. The van der Waals surface area contributed by atoms with Gasteiger partial charge < -0.3 is 10.2 Å². The van der Waals surface area contributed by atoms with Crippen LogP contribution in [0.1, 0.15) is 5.56 Å². The molecule has 5 nitrogen and oxygen atoms in total. The summed E-state index contributed by atoms with van der Waals surface area (Å²) in [6.07, 6.45) is 2.04. The van der Waals surface area contributed by atoms with Gasteiger partial charge in [-0.05, 0) is 18.4 Å². The summed E-state index contributed by atoms with van der Waals surface area (Å²) in [5.41, 5.74) is 1.17. The first kappa shape index (κ1) is 15.5. The third kappa shape index (κ3) is 5.76. The molecule has 0 bridgehead atoms. The third-order valence-electron chi connectivity index (χ3n) is 2.61. The molecule has 0 fully saturated rings.